The summed E-state index contributed by atoms with van der Waals surface area (Å²) >= 11 is 1.17. The molecule has 0 amide bonds. The second kappa shape index (κ2) is 14.8. The molecule has 1 aliphatic heterocycles. The number of allylic oxidation sites excluding steroid dienone is 3. The molecule has 10 heteroatoms. The fourth-order valence-electron chi connectivity index (χ4n) is 5.83. The number of benzene rings is 4. The normalized spacial score (nSPS) is 15.7. The molecule has 0 bridgehead atoms. The van der Waals surface area contributed by atoms with Gasteiger partial charge in [0.2, 0.25) is 0 Å². The van der Waals surface area contributed by atoms with Gasteiger partial charge in [-0.25, -0.2) is 0 Å². The summed E-state index contributed by atoms with van der Waals surface area (Å²) in [4.78, 5) is 3.17. The quantitative estimate of drug-likeness (QED) is 0.149. The maximum atomic E-state index is 15.1. The number of para-hydroxylation sites is 2. The largest absolute Gasteiger partial charge is 0.465 e. The van der Waals surface area contributed by atoms with Crippen molar-refractivity contribution in [1.82, 2.24) is 0 Å². The second-order valence-electron chi connectivity index (χ2n) is 11.3. The van der Waals surface area contributed by atoms with Crippen molar-refractivity contribution in [3.63, 3.8) is 0 Å². The highest BCUT2D eigenvalue weighted by atomic mass is 32.1. The number of nitrogens with zero attached hydrogens (tertiary/aromatic N) is 5. The zero-order chi connectivity index (χ0) is 36.7. The van der Waals surface area contributed by atoms with Gasteiger partial charge < -0.3 is 9.64 Å². The third-order valence-electron chi connectivity index (χ3n) is 8.19. The van der Waals surface area contributed by atoms with Gasteiger partial charge in [-0.05, 0) is 66.2 Å². The fraction of sp³-hybridized carbons (Fsp3) is 0.0476. The van der Waals surface area contributed by atoms with E-state index in [1.807, 2.05) is 84.9 Å². The number of halogens is 3. The van der Waals surface area contributed by atoms with Crippen molar-refractivity contribution < 1.29 is 17.9 Å². The number of hydrogen-bond donors (Lipinski definition) is 0. The van der Waals surface area contributed by atoms with Gasteiger partial charge in [0.25, 0.3) is 5.60 Å². The molecule has 6 rings (SSSR count). The van der Waals surface area contributed by atoms with Gasteiger partial charge in [-0.1, -0.05) is 84.9 Å². The Labute approximate surface area is 302 Å². The van der Waals surface area contributed by atoms with E-state index in [9.17, 15) is 21.0 Å². The number of alkyl halides is 3. The Morgan fingerprint density at radius 1 is 0.673 bits per heavy atom. The molecule has 1 aromatic heterocycles. The second-order valence-corrected chi connectivity index (χ2v) is 12.4. The van der Waals surface area contributed by atoms with E-state index in [0.29, 0.717) is 15.3 Å². The predicted molar refractivity (Wildman–Crippen MR) is 194 cm³/mol. The lowest BCUT2D eigenvalue weighted by Gasteiger charge is -2.33. The molecule has 6 nitrogen and oxygen atoms in total. The van der Waals surface area contributed by atoms with Crippen LogP contribution in [0.15, 0.2) is 156 Å². The summed E-state index contributed by atoms with van der Waals surface area (Å²) in [6.45, 7) is 0. The number of hydrogen-bond acceptors (Lipinski definition) is 7. The average Bonchev–Trinajstić information content (AvgIpc) is 3.78. The molecule has 5 aromatic rings. The summed E-state index contributed by atoms with van der Waals surface area (Å²) in [5.41, 5.74) is -1.41. The van der Waals surface area contributed by atoms with Crippen LogP contribution >= 0.6 is 11.3 Å². The van der Waals surface area contributed by atoms with E-state index in [1.165, 1.54) is 59.9 Å². The first-order chi connectivity index (χ1) is 25.2. The third-order valence-corrected chi connectivity index (χ3v) is 9.27. The Hall–Kier alpha value is -7.11. The monoisotopic (exact) mass is 703 g/mol. The van der Waals surface area contributed by atoms with Crippen LogP contribution in [-0.4, -0.2) is 6.18 Å². The Bertz CT molecular complexity index is 2350. The van der Waals surface area contributed by atoms with Crippen LogP contribution in [0.3, 0.4) is 0 Å². The summed E-state index contributed by atoms with van der Waals surface area (Å²) < 4.78 is 50.8. The molecule has 52 heavy (non-hydrogen) atoms. The molecule has 0 fully saturated rings. The van der Waals surface area contributed by atoms with Gasteiger partial charge >= 0.3 is 6.18 Å². The summed E-state index contributed by atoms with van der Waals surface area (Å²) in [5.74, 6) is -0.739. The molecule has 0 N–H and O–H groups in total. The first-order valence-corrected chi connectivity index (χ1v) is 16.5. The number of nitriles is 4. The van der Waals surface area contributed by atoms with Crippen molar-refractivity contribution in [3.05, 3.63) is 177 Å². The molecular formula is C42H24F3N5OS. The van der Waals surface area contributed by atoms with E-state index in [1.54, 1.807) is 24.3 Å². The van der Waals surface area contributed by atoms with E-state index in [0.717, 1.165) is 28.7 Å². The van der Waals surface area contributed by atoms with Crippen molar-refractivity contribution >= 4 is 46.1 Å². The summed E-state index contributed by atoms with van der Waals surface area (Å²) in [6.07, 6.45) is -0.861. The van der Waals surface area contributed by atoms with E-state index in [2.05, 4.69) is 11.0 Å². The summed E-state index contributed by atoms with van der Waals surface area (Å²) in [7, 11) is 0. The molecule has 0 aliphatic carbocycles. The van der Waals surface area contributed by atoms with Crippen molar-refractivity contribution in [1.29, 1.82) is 21.0 Å². The number of anilines is 3. The van der Waals surface area contributed by atoms with Crippen LogP contribution in [0.1, 0.15) is 20.9 Å². The smallest absolute Gasteiger partial charge is 0.437 e. The van der Waals surface area contributed by atoms with Gasteiger partial charge in [0, 0.05) is 38.0 Å². The number of thiophene rings is 1. The topological polar surface area (TPSA) is 108 Å². The van der Waals surface area contributed by atoms with Gasteiger partial charge in [-0.2, -0.15) is 34.2 Å². The lowest BCUT2D eigenvalue weighted by atomic mass is 9.84. The molecule has 1 unspecified atom stereocenters. The highest BCUT2D eigenvalue weighted by molar-refractivity contribution is 7.14. The molecule has 1 aliphatic rings. The fourth-order valence-corrected chi connectivity index (χ4v) is 6.71. The molecule has 0 spiro atoms. The number of ether oxygens (including phenoxy) is 1. The highest BCUT2D eigenvalue weighted by Gasteiger charge is 2.65. The standard InChI is InChI=1S/C42H24F3N5OS/c43-42(44,45)41(32-10-4-1-5-11-32)38(37(28-49)40(51-41)31(26-47)27-48)22-20-36-21-23-39(52-36)30(25-46)24-29-16-18-35(19-17-29)50(33-12-6-2-7-13-33)34-14-8-3-9-15-34/h1-24H/b22-20+,30-24+. The van der Waals surface area contributed by atoms with E-state index in [-0.39, 0.29) is 5.56 Å². The van der Waals surface area contributed by atoms with Crippen LogP contribution in [0.5, 0.6) is 0 Å². The zero-order valence-electron chi connectivity index (χ0n) is 27.0. The van der Waals surface area contributed by atoms with Crippen LogP contribution in [0.4, 0.5) is 30.2 Å². The van der Waals surface area contributed by atoms with Crippen molar-refractivity contribution in [3.8, 4) is 24.3 Å². The molecule has 4 aromatic carbocycles. The van der Waals surface area contributed by atoms with Gasteiger partial charge in [-0.15, -0.1) is 11.3 Å². The summed E-state index contributed by atoms with van der Waals surface area (Å²) in [6, 6.07) is 44.7. The highest BCUT2D eigenvalue weighted by Crippen LogP contribution is 2.56. The van der Waals surface area contributed by atoms with Crippen molar-refractivity contribution in [2.24, 2.45) is 0 Å². The average molecular weight is 704 g/mol. The van der Waals surface area contributed by atoms with Gasteiger partial charge in [0.15, 0.2) is 11.3 Å². The maximum Gasteiger partial charge on any atom is 0.437 e. The first-order valence-electron chi connectivity index (χ1n) is 15.7. The summed E-state index contributed by atoms with van der Waals surface area (Å²) in [5, 5.41) is 39.1. The van der Waals surface area contributed by atoms with Crippen LogP contribution in [0.25, 0.3) is 17.7 Å². The Kier molecular flexibility index (Phi) is 9.88. The van der Waals surface area contributed by atoms with Gasteiger partial charge in [-0.3, -0.25) is 0 Å². The molecule has 0 radical (unpaired) electrons. The van der Waals surface area contributed by atoms with E-state index < -0.39 is 34.3 Å². The first kappa shape index (κ1) is 34.7. The molecule has 0 saturated heterocycles. The lowest BCUT2D eigenvalue weighted by molar-refractivity contribution is -0.249. The van der Waals surface area contributed by atoms with E-state index >= 15 is 13.2 Å². The van der Waals surface area contributed by atoms with Crippen LogP contribution in [0.2, 0.25) is 0 Å². The Balaban J connectivity index is 1.34. The molecule has 250 valence electrons. The maximum absolute atomic E-state index is 15.1. The molecular weight excluding hydrogens is 680 g/mol. The van der Waals surface area contributed by atoms with Crippen molar-refractivity contribution in [2.45, 2.75) is 11.8 Å². The van der Waals surface area contributed by atoms with E-state index in [4.69, 9.17) is 4.74 Å². The predicted octanol–water partition coefficient (Wildman–Crippen LogP) is 10.9. The number of rotatable bonds is 8. The zero-order valence-corrected chi connectivity index (χ0v) is 27.9. The Morgan fingerprint density at radius 2 is 1.23 bits per heavy atom. The Morgan fingerprint density at radius 3 is 1.75 bits per heavy atom. The van der Waals surface area contributed by atoms with Crippen LogP contribution < -0.4 is 4.90 Å². The lowest BCUT2D eigenvalue weighted by Crippen LogP contribution is -2.43. The van der Waals surface area contributed by atoms with Crippen LogP contribution in [0, 0.1) is 45.3 Å². The van der Waals surface area contributed by atoms with Crippen molar-refractivity contribution in [2.75, 3.05) is 4.90 Å². The SMILES string of the molecule is N#CC(C#N)=C1OC(c2ccccc2)(C(F)(F)F)C(/C=C/c2ccc(/C(C#N)=C/c3ccc(N(c4ccccc4)c4ccccc4)cc3)s2)=C1C#N. The third kappa shape index (κ3) is 6.59. The van der Waals surface area contributed by atoms with Crippen LogP contribution in [-0.2, 0) is 10.3 Å². The minimum Gasteiger partial charge on any atom is -0.465 e. The van der Waals surface area contributed by atoms with Gasteiger partial charge in [0.05, 0.1) is 5.57 Å². The minimum absolute atomic E-state index is 0.330. The minimum atomic E-state index is -5.10. The molecule has 2 heterocycles. The molecule has 1 atom stereocenters. The van der Waals surface area contributed by atoms with Gasteiger partial charge in [0.1, 0.15) is 29.8 Å². The molecule has 0 saturated carbocycles.